The van der Waals surface area contributed by atoms with E-state index in [9.17, 15) is 0 Å². The van der Waals surface area contributed by atoms with Gasteiger partial charge in [-0.3, -0.25) is 0 Å². The fourth-order valence-corrected chi connectivity index (χ4v) is 2.53. The first-order valence-electron chi connectivity index (χ1n) is 5.83. The summed E-state index contributed by atoms with van der Waals surface area (Å²) in [6, 6.07) is 3.83. The maximum absolute atomic E-state index is 6.32. The summed E-state index contributed by atoms with van der Waals surface area (Å²) in [6.45, 7) is 4.04. The zero-order chi connectivity index (χ0) is 13.3. The highest BCUT2D eigenvalue weighted by molar-refractivity contribution is 6.40. The van der Waals surface area contributed by atoms with Crippen LogP contribution in [0.25, 0.3) is 10.9 Å². The quantitative estimate of drug-likeness (QED) is 0.659. The lowest BCUT2D eigenvalue weighted by molar-refractivity contribution is 0.917. The van der Waals surface area contributed by atoms with Gasteiger partial charge in [0, 0.05) is 5.39 Å². The van der Waals surface area contributed by atoms with Crippen LogP contribution in [0, 0.1) is 6.92 Å². The fourth-order valence-electron chi connectivity index (χ4n) is 2.02. The third kappa shape index (κ3) is 2.26. The molecule has 0 spiro atoms. The summed E-state index contributed by atoms with van der Waals surface area (Å²) in [5, 5.41) is 2.17. The molecule has 1 aromatic carbocycles. The Morgan fingerprint density at radius 1 is 1.33 bits per heavy atom. The van der Waals surface area contributed by atoms with Crippen molar-refractivity contribution in [3.05, 3.63) is 33.3 Å². The van der Waals surface area contributed by atoms with E-state index in [1.165, 1.54) is 0 Å². The number of nitrogens with one attached hydrogen (secondary N) is 1. The average molecular weight is 284 g/mol. The van der Waals surface area contributed by atoms with E-state index < -0.39 is 0 Å². The van der Waals surface area contributed by atoms with E-state index >= 15 is 0 Å². The molecule has 1 aromatic heterocycles. The third-order valence-electron chi connectivity index (χ3n) is 2.91. The first-order chi connectivity index (χ1) is 8.58. The zero-order valence-corrected chi connectivity index (χ0v) is 11.9. The molecule has 0 saturated heterocycles. The van der Waals surface area contributed by atoms with Crippen LogP contribution < -0.4 is 11.3 Å². The number of hydrogen-bond acceptors (Lipinski definition) is 3. The summed E-state index contributed by atoms with van der Waals surface area (Å²) in [4.78, 5) is 4.46. The molecule has 2 rings (SSSR count). The minimum absolute atomic E-state index is 0.589. The van der Waals surface area contributed by atoms with Crippen LogP contribution in [-0.4, -0.2) is 4.98 Å². The molecule has 0 aliphatic carbocycles. The summed E-state index contributed by atoms with van der Waals surface area (Å²) in [5.41, 5.74) is 5.30. The Hall–Kier alpha value is -1.03. The molecule has 0 unspecified atom stereocenters. The standard InChI is InChI=1S/C13H15Cl2N3/c1-3-4-8-6-9-11(15)7(2)5-10(14)12(9)17-13(8)18-16/h5-6H,3-4,16H2,1-2H3,(H,17,18). The van der Waals surface area contributed by atoms with E-state index in [0.717, 1.165) is 29.4 Å². The SMILES string of the molecule is CCCc1cc2c(Cl)c(C)cc(Cl)c2nc1NN. The van der Waals surface area contributed by atoms with Gasteiger partial charge in [-0.05, 0) is 36.6 Å². The van der Waals surface area contributed by atoms with Crippen LogP contribution in [0.2, 0.25) is 10.0 Å². The maximum atomic E-state index is 6.32. The van der Waals surface area contributed by atoms with Crippen molar-refractivity contribution in [3.63, 3.8) is 0 Å². The van der Waals surface area contributed by atoms with Crippen LogP contribution in [0.3, 0.4) is 0 Å². The molecular weight excluding hydrogens is 269 g/mol. The van der Waals surface area contributed by atoms with E-state index in [1.54, 1.807) is 0 Å². The van der Waals surface area contributed by atoms with Crippen LogP contribution in [0.1, 0.15) is 24.5 Å². The minimum Gasteiger partial charge on any atom is -0.308 e. The lowest BCUT2D eigenvalue weighted by Crippen LogP contribution is -2.11. The molecule has 0 aliphatic heterocycles. The average Bonchev–Trinajstić information content (AvgIpc) is 2.36. The molecule has 0 radical (unpaired) electrons. The Morgan fingerprint density at radius 2 is 2.06 bits per heavy atom. The molecule has 0 atom stereocenters. The van der Waals surface area contributed by atoms with Crippen LogP contribution in [-0.2, 0) is 6.42 Å². The molecule has 0 aliphatic rings. The normalized spacial score (nSPS) is 10.9. The molecule has 0 saturated carbocycles. The van der Waals surface area contributed by atoms with Crippen molar-refractivity contribution in [2.45, 2.75) is 26.7 Å². The van der Waals surface area contributed by atoms with Crippen LogP contribution >= 0.6 is 23.2 Å². The molecule has 18 heavy (non-hydrogen) atoms. The second-order valence-electron chi connectivity index (χ2n) is 4.28. The molecule has 0 fully saturated rings. The number of nitrogens with zero attached hydrogens (tertiary/aromatic N) is 1. The molecule has 0 amide bonds. The lowest BCUT2D eigenvalue weighted by Gasteiger charge is -2.12. The van der Waals surface area contributed by atoms with Crippen molar-refractivity contribution < 1.29 is 0 Å². The highest BCUT2D eigenvalue weighted by atomic mass is 35.5. The van der Waals surface area contributed by atoms with Crippen molar-refractivity contribution >= 4 is 39.9 Å². The van der Waals surface area contributed by atoms with E-state index in [-0.39, 0.29) is 0 Å². The zero-order valence-electron chi connectivity index (χ0n) is 10.3. The molecule has 96 valence electrons. The minimum atomic E-state index is 0.589. The molecule has 0 bridgehead atoms. The van der Waals surface area contributed by atoms with Crippen molar-refractivity contribution in [3.8, 4) is 0 Å². The van der Waals surface area contributed by atoms with Crippen LogP contribution in [0.5, 0.6) is 0 Å². The first kappa shape index (κ1) is 13.4. The van der Waals surface area contributed by atoms with Crippen LogP contribution in [0.15, 0.2) is 12.1 Å². The summed E-state index contributed by atoms with van der Waals surface area (Å²) in [5.74, 6) is 6.16. The van der Waals surface area contributed by atoms with Gasteiger partial charge in [0.25, 0.3) is 0 Å². The van der Waals surface area contributed by atoms with Gasteiger partial charge in [0.1, 0.15) is 5.82 Å². The van der Waals surface area contributed by atoms with Gasteiger partial charge in [-0.25, -0.2) is 10.8 Å². The van der Waals surface area contributed by atoms with E-state index in [2.05, 4.69) is 17.3 Å². The Kier molecular flexibility index (Phi) is 3.95. The van der Waals surface area contributed by atoms with Gasteiger partial charge in [-0.1, -0.05) is 36.5 Å². The Labute approximate surface area is 116 Å². The van der Waals surface area contributed by atoms with Crippen molar-refractivity contribution in [1.82, 2.24) is 4.98 Å². The smallest absolute Gasteiger partial charge is 0.143 e. The van der Waals surface area contributed by atoms with Gasteiger partial charge in [0.15, 0.2) is 0 Å². The van der Waals surface area contributed by atoms with Gasteiger partial charge < -0.3 is 5.43 Å². The highest BCUT2D eigenvalue weighted by Crippen LogP contribution is 2.34. The van der Waals surface area contributed by atoms with Gasteiger partial charge in [0.05, 0.1) is 15.6 Å². The largest absolute Gasteiger partial charge is 0.308 e. The molecule has 1 heterocycles. The molecule has 2 aromatic rings. The number of fused-ring (bicyclic) bond motifs is 1. The Morgan fingerprint density at radius 3 is 2.67 bits per heavy atom. The topological polar surface area (TPSA) is 50.9 Å². The number of nitrogens with two attached hydrogens (primary N) is 1. The van der Waals surface area contributed by atoms with E-state index in [0.29, 0.717) is 21.4 Å². The number of benzene rings is 1. The number of hydrogen-bond donors (Lipinski definition) is 2. The maximum Gasteiger partial charge on any atom is 0.143 e. The molecule has 3 nitrogen and oxygen atoms in total. The Bertz CT molecular complexity index is 597. The van der Waals surface area contributed by atoms with Crippen molar-refractivity contribution in [2.75, 3.05) is 5.43 Å². The third-order valence-corrected chi connectivity index (χ3v) is 3.70. The monoisotopic (exact) mass is 283 g/mol. The summed E-state index contributed by atoms with van der Waals surface area (Å²) in [6.07, 6.45) is 1.91. The summed E-state index contributed by atoms with van der Waals surface area (Å²) in [7, 11) is 0. The van der Waals surface area contributed by atoms with E-state index in [1.807, 2.05) is 19.1 Å². The van der Waals surface area contributed by atoms with Gasteiger partial charge >= 0.3 is 0 Å². The fraction of sp³-hybridized carbons (Fsp3) is 0.308. The second-order valence-corrected chi connectivity index (χ2v) is 5.06. The van der Waals surface area contributed by atoms with Crippen LogP contribution in [0.4, 0.5) is 5.82 Å². The number of hydrazine groups is 1. The number of aryl methyl sites for hydroxylation is 2. The molecule has 3 N–H and O–H groups in total. The summed E-state index contributed by atoms with van der Waals surface area (Å²) < 4.78 is 0. The predicted molar refractivity (Wildman–Crippen MR) is 78.3 cm³/mol. The second kappa shape index (κ2) is 5.31. The summed E-state index contributed by atoms with van der Waals surface area (Å²) >= 11 is 12.5. The van der Waals surface area contributed by atoms with Crippen molar-refractivity contribution in [2.24, 2.45) is 5.84 Å². The number of pyridine rings is 1. The lowest BCUT2D eigenvalue weighted by atomic mass is 10.1. The van der Waals surface area contributed by atoms with Gasteiger partial charge in [-0.2, -0.15) is 0 Å². The Balaban J connectivity index is 2.78. The molecule has 5 heteroatoms. The van der Waals surface area contributed by atoms with E-state index in [4.69, 9.17) is 29.0 Å². The van der Waals surface area contributed by atoms with Crippen molar-refractivity contribution in [1.29, 1.82) is 0 Å². The number of anilines is 1. The molecular formula is C13H15Cl2N3. The first-order valence-corrected chi connectivity index (χ1v) is 6.59. The number of rotatable bonds is 3. The number of halogens is 2. The predicted octanol–water partition coefficient (Wildman–Crippen LogP) is 4.09. The van der Waals surface area contributed by atoms with Gasteiger partial charge in [0.2, 0.25) is 0 Å². The van der Waals surface area contributed by atoms with Gasteiger partial charge in [-0.15, -0.1) is 0 Å². The number of nitrogen functional groups attached to an aromatic ring is 1. The highest BCUT2D eigenvalue weighted by Gasteiger charge is 2.12. The number of aromatic nitrogens is 1.